The number of nitrogens with one attached hydrogen (secondary N) is 2. The van der Waals surface area contributed by atoms with E-state index in [0.717, 1.165) is 6.42 Å². The van der Waals surface area contributed by atoms with Crippen LogP contribution < -0.4 is 14.3 Å². The summed E-state index contributed by atoms with van der Waals surface area (Å²) in [5.74, 6) is -2.18. The van der Waals surface area contributed by atoms with E-state index in [1.54, 1.807) is 4.72 Å². The van der Waals surface area contributed by atoms with Crippen molar-refractivity contribution in [3.05, 3.63) is 29.6 Å². The Labute approximate surface area is 133 Å². The normalized spacial score (nSPS) is 23.0. The highest BCUT2D eigenvalue weighted by Gasteiger charge is 2.38. The lowest BCUT2D eigenvalue weighted by Crippen LogP contribution is -2.30. The number of rotatable bonds is 3. The molecule has 2 aliphatic heterocycles. The van der Waals surface area contributed by atoms with Crippen LogP contribution in [-0.2, 0) is 15.0 Å². The van der Waals surface area contributed by atoms with Crippen molar-refractivity contribution in [3.8, 4) is 5.75 Å². The van der Waals surface area contributed by atoms with Crippen molar-refractivity contribution in [3.63, 3.8) is 0 Å². The molecule has 0 aliphatic carbocycles. The highest BCUT2D eigenvalue weighted by atomic mass is 32.2. The summed E-state index contributed by atoms with van der Waals surface area (Å²) in [6.07, 6.45) is 2.72. The molecular formula is C14H16FN3O4S. The van der Waals surface area contributed by atoms with E-state index < -0.39 is 39.9 Å². The summed E-state index contributed by atoms with van der Waals surface area (Å²) >= 11 is 0. The topological polar surface area (TPSA) is 98.7 Å². The fourth-order valence-corrected chi connectivity index (χ4v) is 3.90. The summed E-state index contributed by atoms with van der Waals surface area (Å²) in [4.78, 5) is 11.3. The van der Waals surface area contributed by atoms with Gasteiger partial charge in [-0.1, -0.05) is 13.0 Å². The monoisotopic (exact) mass is 341 g/mol. The Kier molecular flexibility index (Phi) is 3.77. The number of hydrogen-bond acceptors (Lipinski definition) is 5. The first-order valence-corrected chi connectivity index (χ1v) is 8.56. The van der Waals surface area contributed by atoms with Crippen LogP contribution in [0.4, 0.5) is 10.1 Å². The molecule has 3 rings (SSSR count). The van der Waals surface area contributed by atoms with E-state index in [1.165, 1.54) is 12.1 Å². The zero-order chi connectivity index (χ0) is 16.8. The number of nitrogens with zero attached hydrogens (tertiary/aromatic N) is 1. The number of anilines is 1. The highest BCUT2D eigenvalue weighted by Crippen LogP contribution is 2.37. The van der Waals surface area contributed by atoms with Crippen LogP contribution in [0.15, 0.2) is 18.2 Å². The average Bonchev–Trinajstić information content (AvgIpc) is 3.03. The Balaban J connectivity index is 2.09. The number of phenols is 1. The zero-order valence-corrected chi connectivity index (χ0v) is 13.2. The molecule has 7 nitrogen and oxygen atoms in total. The number of carbonyl (C=O) groups is 1. The summed E-state index contributed by atoms with van der Waals surface area (Å²) < 4.78 is 41.0. The summed E-state index contributed by atoms with van der Waals surface area (Å²) in [5, 5.41) is 13.1. The number of halogens is 1. The molecule has 23 heavy (non-hydrogen) atoms. The van der Waals surface area contributed by atoms with Crippen LogP contribution in [0.5, 0.6) is 5.75 Å². The van der Waals surface area contributed by atoms with Crippen molar-refractivity contribution in [1.29, 1.82) is 0 Å². The molecule has 0 bridgehead atoms. The number of aromatic hydroxyl groups is 1. The van der Waals surface area contributed by atoms with Gasteiger partial charge in [-0.15, -0.1) is 0 Å². The Morgan fingerprint density at radius 1 is 1.43 bits per heavy atom. The van der Waals surface area contributed by atoms with Gasteiger partial charge in [0.25, 0.3) is 5.91 Å². The molecule has 1 atom stereocenters. The Morgan fingerprint density at radius 3 is 2.74 bits per heavy atom. The molecule has 2 aliphatic rings. The predicted octanol–water partition coefficient (Wildman–Crippen LogP) is 0.477. The Morgan fingerprint density at radius 2 is 2.17 bits per heavy atom. The summed E-state index contributed by atoms with van der Waals surface area (Å²) in [6, 6.07) is 2.75. The molecular weight excluding hydrogens is 325 g/mol. The molecule has 2 heterocycles. The predicted molar refractivity (Wildman–Crippen MR) is 82.5 cm³/mol. The van der Waals surface area contributed by atoms with Gasteiger partial charge in [0, 0.05) is 18.2 Å². The van der Waals surface area contributed by atoms with Crippen molar-refractivity contribution in [2.45, 2.75) is 19.4 Å². The van der Waals surface area contributed by atoms with Crippen LogP contribution in [0.2, 0.25) is 0 Å². The van der Waals surface area contributed by atoms with Gasteiger partial charge < -0.3 is 10.4 Å². The molecule has 1 saturated heterocycles. The van der Waals surface area contributed by atoms with E-state index in [1.807, 2.05) is 13.0 Å². The van der Waals surface area contributed by atoms with Crippen molar-refractivity contribution in [2.24, 2.45) is 0 Å². The van der Waals surface area contributed by atoms with Crippen LogP contribution in [0.25, 0.3) is 5.57 Å². The van der Waals surface area contributed by atoms with Gasteiger partial charge in [0.15, 0.2) is 5.82 Å². The summed E-state index contributed by atoms with van der Waals surface area (Å²) in [6.45, 7) is 1.87. The molecule has 3 N–H and O–H groups in total. The first kappa shape index (κ1) is 15.8. The van der Waals surface area contributed by atoms with Crippen LogP contribution in [0, 0.1) is 5.82 Å². The standard InChI is InChI=1S/C14H16FN3O4S/c1-2-9-5-8(6-16-9)10-3-4-11(19)14(13(10)15)18-7-12(20)17-23(18,21)22/h3-5,9,16,19H,2,6-7H2,1H3,(H,17,20). The minimum atomic E-state index is -4.19. The molecule has 0 aromatic heterocycles. The van der Waals surface area contributed by atoms with Crippen LogP contribution in [0.3, 0.4) is 0 Å². The highest BCUT2D eigenvalue weighted by molar-refractivity contribution is 7.92. The third-order valence-electron chi connectivity index (χ3n) is 3.91. The molecule has 0 radical (unpaired) electrons. The third kappa shape index (κ3) is 2.66. The third-order valence-corrected chi connectivity index (χ3v) is 5.28. The van der Waals surface area contributed by atoms with Crippen molar-refractivity contribution >= 4 is 27.4 Å². The first-order valence-electron chi connectivity index (χ1n) is 7.12. The SMILES string of the molecule is CCC1C=C(c2ccc(O)c(N3CC(=O)NS3(=O)=O)c2F)CN1. The van der Waals surface area contributed by atoms with E-state index in [2.05, 4.69) is 5.32 Å². The zero-order valence-electron chi connectivity index (χ0n) is 12.3. The molecule has 1 unspecified atom stereocenters. The molecule has 9 heteroatoms. The van der Waals surface area contributed by atoms with Gasteiger partial charge in [0.2, 0.25) is 0 Å². The Bertz CT molecular complexity index is 806. The second kappa shape index (κ2) is 5.50. The van der Waals surface area contributed by atoms with Gasteiger partial charge in [-0.3, -0.25) is 4.79 Å². The van der Waals surface area contributed by atoms with E-state index in [-0.39, 0.29) is 11.6 Å². The molecule has 0 saturated carbocycles. The smallest absolute Gasteiger partial charge is 0.326 e. The van der Waals surface area contributed by atoms with Crippen LogP contribution in [0.1, 0.15) is 18.9 Å². The maximum absolute atomic E-state index is 14.9. The first-order chi connectivity index (χ1) is 10.8. The second-order valence-electron chi connectivity index (χ2n) is 5.42. The minimum absolute atomic E-state index is 0.125. The van der Waals surface area contributed by atoms with Gasteiger partial charge in [-0.2, -0.15) is 8.42 Å². The van der Waals surface area contributed by atoms with Gasteiger partial charge in [0.05, 0.1) is 0 Å². The lowest BCUT2D eigenvalue weighted by atomic mass is 10.0. The molecule has 1 fully saturated rings. The number of hydrogen-bond donors (Lipinski definition) is 3. The fraction of sp³-hybridized carbons (Fsp3) is 0.357. The summed E-state index contributed by atoms with van der Waals surface area (Å²) in [5.41, 5.74) is 0.379. The molecule has 124 valence electrons. The van der Waals surface area contributed by atoms with E-state index in [4.69, 9.17) is 0 Å². The number of benzene rings is 1. The minimum Gasteiger partial charge on any atom is -0.506 e. The van der Waals surface area contributed by atoms with Gasteiger partial charge in [-0.25, -0.2) is 13.4 Å². The van der Waals surface area contributed by atoms with Crippen molar-refractivity contribution < 1.29 is 22.7 Å². The number of amides is 1. The second-order valence-corrected chi connectivity index (χ2v) is 7.01. The quantitative estimate of drug-likeness (QED) is 0.743. The maximum atomic E-state index is 14.9. The number of phenolic OH excluding ortho intramolecular Hbond substituents is 1. The van der Waals surface area contributed by atoms with Gasteiger partial charge in [-0.05, 0) is 24.1 Å². The lowest BCUT2D eigenvalue weighted by molar-refractivity contribution is -0.117. The lowest BCUT2D eigenvalue weighted by Gasteiger charge is -2.18. The van der Waals surface area contributed by atoms with Crippen LogP contribution >= 0.6 is 0 Å². The molecule has 1 amide bonds. The van der Waals surface area contributed by atoms with Crippen molar-refractivity contribution in [2.75, 3.05) is 17.4 Å². The van der Waals surface area contributed by atoms with Gasteiger partial charge >= 0.3 is 10.2 Å². The largest absolute Gasteiger partial charge is 0.506 e. The van der Waals surface area contributed by atoms with E-state index in [9.17, 15) is 22.7 Å². The molecule has 1 aromatic carbocycles. The van der Waals surface area contributed by atoms with Crippen molar-refractivity contribution in [1.82, 2.24) is 10.0 Å². The van der Waals surface area contributed by atoms with E-state index >= 15 is 0 Å². The fourth-order valence-electron chi connectivity index (χ4n) is 2.73. The van der Waals surface area contributed by atoms with Crippen LogP contribution in [-0.4, -0.2) is 38.6 Å². The van der Waals surface area contributed by atoms with Gasteiger partial charge in [0.1, 0.15) is 18.0 Å². The summed E-state index contributed by atoms with van der Waals surface area (Å²) in [7, 11) is -4.19. The number of carbonyl (C=O) groups excluding carboxylic acids is 1. The average molecular weight is 341 g/mol. The Hall–Kier alpha value is -2.13. The van der Waals surface area contributed by atoms with E-state index in [0.29, 0.717) is 16.4 Å². The maximum Gasteiger partial charge on any atom is 0.326 e. The molecule has 0 spiro atoms. The molecule has 1 aromatic rings.